The second kappa shape index (κ2) is 5.49. The molecule has 0 radical (unpaired) electrons. The van der Waals surface area contributed by atoms with E-state index in [1.807, 2.05) is 23.1 Å². The number of amides is 1. The normalized spacial score (nSPS) is 16.1. The van der Waals surface area contributed by atoms with E-state index in [2.05, 4.69) is 20.1 Å². The van der Waals surface area contributed by atoms with Gasteiger partial charge in [0.1, 0.15) is 0 Å². The first-order chi connectivity index (χ1) is 11.2. The van der Waals surface area contributed by atoms with Crippen LogP contribution < -0.4 is 0 Å². The molecule has 1 amide bonds. The van der Waals surface area contributed by atoms with Gasteiger partial charge in [0.15, 0.2) is 5.82 Å². The Morgan fingerprint density at radius 1 is 1.35 bits per heavy atom. The summed E-state index contributed by atoms with van der Waals surface area (Å²) in [6.07, 6.45) is 3.35. The molecule has 0 aliphatic carbocycles. The van der Waals surface area contributed by atoms with Crippen molar-refractivity contribution in [1.82, 2.24) is 25.0 Å². The molecule has 118 valence electrons. The number of nitrogens with zero attached hydrogens (tertiary/aromatic N) is 4. The SMILES string of the molecule is Cc1nc(C2CCN(C(=O)c3ccc4nc[nH]c4c3)CC2)no1. The van der Waals surface area contributed by atoms with Crippen molar-refractivity contribution in [1.29, 1.82) is 0 Å². The Balaban J connectivity index is 1.46. The molecule has 3 aromatic rings. The summed E-state index contributed by atoms with van der Waals surface area (Å²) in [6, 6.07) is 5.56. The molecule has 0 saturated carbocycles. The highest BCUT2D eigenvalue weighted by molar-refractivity contribution is 5.97. The number of imidazole rings is 1. The average molecular weight is 311 g/mol. The molecule has 3 heterocycles. The van der Waals surface area contributed by atoms with Crippen molar-refractivity contribution in [3.8, 4) is 0 Å². The fourth-order valence-corrected chi connectivity index (χ4v) is 3.07. The number of fused-ring (bicyclic) bond motifs is 1. The van der Waals surface area contributed by atoms with Crippen molar-refractivity contribution in [3.63, 3.8) is 0 Å². The van der Waals surface area contributed by atoms with Crippen molar-refractivity contribution < 1.29 is 9.32 Å². The molecule has 23 heavy (non-hydrogen) atoms. The topological polar surface area (TPSA) is 87.9 Å². The van der Waals surface area contributed by atoms with Gasteiger partial charge in [0.25, 0.3) is 5.91 Å². The van der Waals surface area contributed by atoms with Crippen LogP contribution in [0.25, 0.3) is 11.0 Å². The summed E-state index contributed by atoms with van der Waals surface area (Å²) in [5.41, 5.74) is 2.44. The Kier molecular flexibility index (Phi) is 3.33. The summed E-state index contributed by atoms with van der Waals surface area (Å²) in [5.74, 6) is 1.68. The van der Waals surface area contributed by atoms with E-state index in [-0.39, 0.29) is 11.8 Å². The minimum Gasteiger partial charge on any atom is -0.345 e. The van der Waals surface area contributed by atoms with E-state index in [0.717, 1.165) is 29.7 Å². The molecule has 4 rings (SSSR count). The summed E-state index contributed by atoms with van der Waals surface area (Å²) in [7, 11) is 0. The van der Waals surface area contributed by atoms with Crippen molar-refractivity contribution in [2.75, 3.05) is 13.1 Å². The number of aromatic amines is 1. The molecule has 1 N–H and O–H groups in total. The van der Waals surface area contributed by atoms with E-state index in [1.165, 1.54) is 0 Å². The number of likely N-dealkylation sites (tertiary alicyclic amines) is 1. The van der Waals surface area contributed by atoms with E-state index in [9.17, 15) is 4.79 Å². The monoisotopic (exact) mass is 311 g/mol. The average Bonchev–Trinajstić information content (AvgIpc) is 3.22. The molecule has 1 aliphatic heterocycles. The minimum atomic E-state index is 0.0595. The first-order valence-electron chi connectivity index (χ1n) is 7.73. The highest BCUT2D eigenvalue weighted by Gasteiger charge is 2.27. The van der Waals surface area contributed by atoms with Gasteiger partial charge >= 0.3 is 0 Å². The number of hydrogen-bond acceptors (Lipinski definition) is 5. The van der Waals surface area contributed by atoms with Crippen molar-refractivity contribution >= 4 is 16.9 Å². The van der Waals surface area contributed by atoms with Crippen LogP contribution in [0.15, 0.2) is 29.0 Å². The van der Waals surface area contributed by atoms with Gasteiger partial charge in [-0.1, -0.05) is 5.16 Å². The lowest BCUT2D eigenvalue weighted by molar-refractivity contribution is 0.0711. The molecule has 1 saturated heterocycles. The van der Waals surface area contributed by atoms with Gasteiger partial charge in [-0.15, -0.1) is 0 Å². The van der Waals surface area contributed by atoms with E-state index in [4.69, 9.17) is 4.52 Å². The maximum atomic E-state index is 12.7. The fraction of sp³-hybridized carbons (Fsp3) is 0.375. The van der Waals surface area contributed by atoms with Crippen LogP contribution in [0.5, 0.6) is 0 Å². The Hall–Kier alpha value is -2.70. The first kappa shape index (κ1) is 13.9. The molecule has 0 unspecified atom stereocenters. The highest BCUT2D eigenvalue weighted by Crippen LogP contribution is 2.27. The first-order valence-corrected chi connectivity index (χ1v) is 7.73. The number of carbonyl (C=O) groups excluding carboxylic acids is 1. The van der Waals surface area contributed by atoms with Crippen LogP contribution in [0.1, 0.15) is 40.8 Å². The van der Waals surface area contributed by atoms with Gasteiger partial charge in [0.2, 0.25) is 5.89 Å². The van der Waals surface area contributed by atoms with Crippen LogP contribution in [0.2, 0.25) is 0 Å². The number of aryl methyl sites for hydroxylation is 1. The number of rotatable bonds is 2. The molecule has 0 spiro atoms. The number of piperidine rings is 1. The summed E-state index contributed by atoms with van der Waals surface area (Å²) in [6.45, 7) is 3.21. The van der Waals surface area contributed by atoms with E-state index < -0.39 is 0 Å². The van der Waals surface area contributed by atoms with Gasteiger partial charge < -0.3 is 14.4 Å². The summed E-state index contributed by atoms with van der Waals surface area (Å²) in [4.78, 5) is 26.1. The van der Waals surface area contributed by atoms with Crippen LogP contribution >= 0.6 is 0 Å². The van der Waals surface area contributed by atoms with Gasteiger partial charge in [-0.3, -0.25) is 4.79 Å². The van der Waals surface area contributed by atoms with Gasteiger partial charge in [0, 0.05) is 31.5 Å². The van der Waals surface area contributed by atoms with E-state index in [0.29, 0.717) is 24.5 Å². The molecule has 2 aromatic heterocycles. The quantitative estimate of drug-likeness (QED) is 0.784. The van der Waals surface area contributed by atoms with Gasteiger partial charge in [-0.05, 0) is 31.0 Å². The molecule has 7 nitrogen and oxygen atoms in total. The number of aromatic nitrogens is 4. The maximum Gasteiger partial charge on any atom is 0.253 e. The zero-order valence-electron chi connectivity index (χ0n) is 12.8. The van der Waals surface area contributed by atoms with Gasteiger partial charge in [-0.2, -0.15) is 4.98 Å². The zero-order chi connectivity index (χ0) is 15.8. The molecule has 0 bridgehead atoms. The fourth-order valence-electron chi connectivity index (χ4n) is 3.07. The lowest BCUT2D eigenvalue weighted by Gasteiger charge is -2.30. The molecular formula is C16H17N5O2. The van der Waals surface area contributed by atoms with Crippen LogP contribution in [0, 0.1) is 6.92 Å². The van der Waals surface area contributed by atoms with Crippen LogP contribution in [0.4, 0.5) is 0 Å². The van der Waals surface area contributed by atoms with Crippen molar-refractivity contribution in [2.24, 2.45) is 0 Å². The van der Waals surface area contributed by atoms with Crippen molar-refractivity contribution in [3.05, 3.63) is 41.8 Å². The third-order valence-electron chi connectivity index (χ3n) is 4.36. The highest BCUT2D eigenvalue weighted by atomic mass is 16.5. The zero-order valence-corrected chi connectivity index (χ0v) is 12.8. The van der Waals surface area contributed by atoms with Crippen LogP contribution in [-0.2, 0) is 0 Å². The lowest BCUT2D eigenvalue weighted by Crippen LogP contribution is -2.38. The number of carbonyl (C=O) groups is 1. The maximum absolute atomic E-state index is 12.7. The molecule has 7 heteroatoms. The predicted octanol–water partition coefficient (Wildman–Crippen LogP) is 2.27. The number of H-pyrrole nitrogens is 1. The molecule has 1 aromatic carbocycles. The second-order valence-corrected chi connectivity index (χ2v) is 5.87. The smallest absolute Gasteiger partial charge is 0.253 e. The van der Waals surface area contributed by atoms with E-state index in [1.54, 1.807) is 13.3 Å². The minimum absolute atomic E-state index is 0.0595. The number of benzene rings is 1. The summed E-state index contributed by atoms with van der Waals surface area (Å²) in [5, 5.41) is 4.00. The Morgan fingerprint density at radius 3 is 2.91 bits per heavy atom. The van der Waals surface area contributed by atoms with Gasteiger partial charge in [0.05, 0.1) is 17.4 Å². The molecule has 0 atom stereocenters. The summed E-state index contributed by atoms with van der Waals surface area (Å²) >= 11 is 0. The Bertz CT molecular complexity index is 845. The third kappa shape index (κ3) is 2.58. The van der Waals surface area contributed by atoms with Crippen LogP contribution in [-0.4, -0.2) is 44.0 Å². The second-order valence-electron chi connectivity index (χ2n) is 5.87. The number of nitrogens with one attached hydrogen (secondary N) is 1. The molecule has 1 aliphatic rings. The standard InChI is InChI=1S/C16H17N5O2/c1-10-19-15(20-23-10)11-4-6-21(7-5-11)16(22)12-2-3-13-14(8-12)18-9-17-13/h2-3,8-9,11H,4-7H2,1H3,(H,17,18). The van der Waals surface area contributed by atoms with E-state index >= 15 is 0 Å². The van der Waals surface area contributed by atoms with Crippen LogP contribution in [0.3, 0.4) is 0 Å². The molecule has 1 fully saturated rings. The van der Waals surface area contributed by atoms with Gasteiger partial charge in [-0.25, -0.2) is 4.98 Å². The predicted molar refractivity (Wildman–Crippen MR) is 83.0 cm³/mol. The summed E-state index contributed by atoms with van der Waals surface area (Å²) < 4.78 is 5.04. The molecular weight excluding hydrogens is 294 g/mol. The largest absolute Gasteiger partial charge is 0.345 e. The lowest BCUT2D eigenvalue weighted by atomic mass is 9.95. The van der Waals surface area contributed by atoms with Crippen molar-refractivity contribution in [2.45, 2.75) is 25.7 Å². The Morgan fingerprint density at radius 2 is 2.17 bits per heavy atom. The number of hydrogen-bond donors (Lipinski definition) is 1. The third-order valence-corrected chi connectivity index (χ3v) is 4.36. The Labute approximate surface area is 132 Å².